The molecule has 7 heteroatoms. The Kier molecular flexibility index (Phi) is 6.10. The molecule has 1 aromatic rings. The van der Waals surface area contributed by atoms with Crippen molar-refractivity contribution in [3.05, 3.63) is 35.9 Å². The summed E-state index contributed by atoms with van der Waals surface area (Å²) in [5, 5.41) is 14.0. The highest BCUT2D eigenvalue weighted by Crippen LogP contribution is 2.17. The lowest BCUT2D eigenvalue weighted by atomic mass is 10.2. The Balaban J connectivity index is 1.80. The summed E-state index contributed by atoms with van der Waals surface area (Å²) >= 11 is 0. The molecular weight excluding hydrogens is 298 g/mol. The molecule has 124 valence electrons. The second kappa shape index (κ2) is 8.28. The van der Waals surface area contributed by atoms with Crippen LogP contribution in [0.25, 0.3) is 0 Å². The lowest BCUT2D eigenvalue weighted by Gasteiger charge is -2.24. The van der Waals surface area contributed by atoms with E-state index in [0.717, 1.165) is 12.0 Å². The first kappa shape index (κ1) is 17.0. The third kappa shape index (κ3) is 5.07. The van der Waals surface area contributed by atoms with Gasteiger partial charge in [0, 0.05) is 13.1 Å². The van der Waals surface area contributed by atoms with Gasteiger partial charge in [0.25, 0.3) is 0 Å². The molecule has 23 heavy (non-hydrogen) atoms. The van der Waals surface area contributed by atoms with Crippen LogP contribution >= 0.6 is 0 Å². The molecule has 2 amide bonds. The fraction of sp³-hybridized carbons (Fsp3) is 0.438. The van der Waals surface area contributed by atoms with E-state index in [2.05, 4.69) is 10.6 Å². The maximum atomic E-state index is 12.3. The van der Waals surface area contributed by atoms with Crippen LogP contribution in [0, 0.1) is 0 Å². The summed E-state index contributed by atoms with van der Waals surface area (Å²) in [4.78, 5) is 36.3. The largest absolute Gasteiger partial charge is 0.480 e. The first-order valence-corrected chi connectivity index (χ1v) is 7.61. The van der Waals surface area contributed by atoms with Crippen molar-refractivity contribution in [1.29, 1.82) is 0 Å². The highest BCUT2D eigenvalue weighted by molar-refractivity contribution is 5.90. The van der Waals surface area contributed by atoms with E-state index in [0.29, 0.717) is 19.5 Å². The standard InChI is InChI=1S/C16H21N3O4/c20-14(10-17-9-12-5-2-1-3-6-12)19-8-4-7-13(19)16(23)18-11-15(21)22/h1-3,5-6,13,17H,4,7-11H2,(H,18,23)(H,21,22)/t13-/m0/s1. The molecule has 0 radical (unpaired) electrons. The molecule has 0 bridgehead atoms. The van der Waals surface area contributed by atoms with Crippen molar-refractivity contribution in [1.82, 2.24) is 15.5 Å². The predicted molar refractivity (Wildman–Crippen MR) is 83.5 cm³/mol. The van der Waals surface area contributed by atoms with E-state index in [4.69, 9.17) is 5.11 Å². The molecule has 2 rings (SSSR count). The van der Waals surface area contributed by atoms with Crippen molar-refractivity contribution < 1.29 is 19.5 Å². The number of carbonyl (C=O) groups excluding carboxylic acids is 2. The summed E-state index contributed by atoms with van der Waals surface area (Å²) in [5.74, 6) is -1.64. The van der Waals surface area contributed by atoms with Gasteiger partial charge in [-0.25, -0.2) is 0 Å². The van der Waals surface area contributed by atoms with Gasteiger partial charge in [-0.3, -0.25) is 14.4 Å². The van der Waals surface area contributed by atoms with Gasteiger partial charge in [0.1, 0.15) is 12.6 Å². The number of likely N-dealkylation sites (tertiary alicyclic amines) is 1. The third-order valence-electron chi connectivity index (χ3n) is 3.74. The summed E-state index contributed by atoms with van der Waals surface area (Å²) in [5.41, 5.74) is 1.08. The minimum absolute atomic E-state index is 0.145. The SMILES string of the molecule is O=C(O)CNC(=O)[C@@H]1CCCN1C(=O)CNCc1ccccc1. The maximum Gasteiger partial charge on any atom is 0.322 e. The van der Waals surface area contributed by atoms with Crippen molar-refractivity contribution in [3.8, 4) is 0 Å². The van der Waals surface area contributed by atoms with Crippen molar-refractivity contribution in [2.24, 2.45) is 0 Å². The smallest absolute Gasteiger partial charge is 0.322 e. The van der Waals surface area contributed by atoms with E-state index in [-0.39, 0.29) is 12.5 Å². The number of hydrogen-bond donors (Lipinski definition) is 3. The summed E-state index contributed by atoms with van der Waals surface area (Å²) in [7, 11) is 0. The fourth-order valence-corrected chi connectivity index (χ4v) is 2.63. The summed E-state index contributed by atoms with van der Waals surface area (Å²) in [6, 6.07) is 9.16. The zero-order chi connectivity index (χ0) is 16.7. The Morgan fingerprint density at radius 1 is 1.17 bits per heavy atom. The first-order valence-electron chi connectivity index (χ1n) is 7.61. The Labute approximate surface area is 134 Å². The zero-order valence-corrected chi connectivity index (χ0v) is 12.8. The van der Waals surface area contributed by atoms with Gasteiger partial charge < -0.3 is 20.6 Å². The molecule has 0 spiro atoms. The molecule has 1 fully saturated rings. The molecule has 1 atom stereocenters. The quantitative estimate of drug-likeness (QED) is 0.655. The molecule has 1 saturated heterocycles. The average molecular weight is 319 g/mol. The van der Waals surface area contributed by atoms with E-state index in [1.54, 1.807) is 0 Å². The van der Waals surface area contributed by atoms with Crippen molar-refractivity contribution in [2.45, 2.75) is 25.4 Å². The van der Waals surface area contributed by atoms with Crippen molar-refractivity contribution in [3.63, 3.8) is 0 Å². The lowest BCUT2D eigenvalue weighted by molar-refractivity contribution is -0.140. The van der Waals surface area contributed by atoms with Gasteiger partial charge in [0.05, 0.1) is 6.54 Å². The van der Waals surface area contributed by atoms with Crippen LogP contribution in [0.15, 0.2) is 30.3 Å². The molecule has 0 aromatic heterocycles. The predicted octanol–water partition coefficient (Wildman–Crippen LogP) is -0.0320. The van der Waals surface area contributed by atoms with Gasteiger partial charge in [-0.1, -0.05) is 30.3 Å². The minimum Gasteiger partial charge on any atom is -0.480 e. The summed E-state index contributed by atoms with van der Waals surface area (Å²) in [6.07, 6.45) is 1.31. The van der Waals surface area contributed by atoms with Gasteiger partial charge in [0.2, 0.25) is 11.8 Å². The van der Waals surface area contributed by atoms with Crippen molar-refractivity contribution >= 4 is 17.8 Å². The molecule has 1 aliphatic rings. The van der Waals surface area contributed by atoms with Crippen LogP contribution in [-0.2, 0) is 20.9 Å². The molecule has 0 unspecified atom stereocenters. The number of benzene rings is 1. The third-order valence-corrected chi connectivity index (χ3v) is 3.74. The van der Waals surface area contributed by atoms with E-state index in [1.807, 2.05) is 30.3 Å². The Morgan fingerprint density at radius 3 is 2.61 bits per heavy atom. The van der Waals surface area contributed by atoms with Crippen LogP contribution in [-0.4, -0.2) is 53.5 Å². The molecule has 0 saturated carbocycles. The van der Waals surface area contributed by atoms with Gasteiger partial charge in [0.15, 0.2) is 0 Å². The van der Waals surface area contributed by atoms with Crippen LogP contribution in [0.1, 0.15) is 18.4 Å². The Bertz CT molecular complexity index is 562. The zero-order valence-electron chi connectivity index (χ0n) is 12.8. The monoisotopic (exact) mass is 319 g/mol. The summed E-state index contributed by atoms with van der Waals surface area (Å²) < 4.78 is 0. The van der Waals surface area contributed by atoms with Crippen LogP contribution in [0.2, 0.25) is 0 Å². The molecule has 3 N–H and O–H groups in total. The van der Waals surface area contributed by atoms with Crippen LogP contribution in [0.5, 0.6) is 0 Å². The summed E-state index contributed by atoms with van der Waals surface area (Å²) in [6.45, 7) is 0.828. The molecule has 0 aliphatic carbocycles. The number of amides is 2. The Hall–Kier alpha value is -2.41. The molecule has 1 aromatic carbocycles. The molecular formula is C16H21N3O4. The number of hydrogen-bond acceptors (Lipinski definition) is 4. The van der Waals surface area contributed by atoms with Gasteiger partial charge in [-0.15, -0.1) is 0 Å². The van der Waals surface area contributed by atoms with E-state index in [9.17, 15) is 14.4 Å². The van der Waals surface area contributed by atoms with Crippen LogP contribution in [0.4, 0.5) is 0 Å². The van der Waals surface area contributed by atoms with E-state index < -0.39 is 24.5 Å². The van der Waals surface area contributed by atoms with Gasteiger partial charge in [-0.2, -0.15) is 0 Å². The first-order chi connectivity index (χ1) is 11.1. The highest BCUT2D eigenvalue weighted by atomic mass is 16.4. The van der Waals surface area contributed by atoms with Gasteiger partial charge in [-0.05, 0) is 18.4 Å². The van der Waals surface area contributed by atoms with Crippen LogP contribution < -0.4 is 10.6 Å². The normalized spacial score (nSPS) is 17.0. The number of nitrogens with zero attached hydrogens (tertiary/aromatic N) is 1. The van der Waals surface area contributed by atoms with Gasteiger partial charge >= 0.3 is 5.97 Å². The number of aliphatic carboxylic acids is 1. The Morgan fingerprint density at radius 2 is 1.91 bits per heavy atom. The molecule has 1 heterocycles. The number of carbonyl (C=O) groups is 3. The number of rotatable bonds is 7. The fourth-order valence-electron chi connectivity index (χ4n) is 2.63. The highest BCUT2D eigenvalue weighted by Gasteiger charge is 2.33. The number of carboxylic acids is 1. The van der Waals surface area contributed by atoms with E-state index >= 15 is 0 Å². The number of carboxylic acid groups (broad SMARTS) is 1. The molecule has 1 aliphatic heterocycles. The minimum atomic E-state index is -1.10. The number of nitrogens with one attached hydrogen (secondary N) is 2. The average Bonchev–Trinajstić information content (AvgIpc) is 3.03. The van der Waals surface area contributed by atoms with E-state index in [1.165, 1.54) is 4.90 Å². The van der Waals surface area contributed by atoms with Crippen molar-refractivity contribution in [2.75, 3.05) is 19.6 Å². The second-order valence-corrected chi connectivity index (χ2v) is 5.45. The molecule has 7 nitrogen and oxygen atoms in total. The second-order valence-electron chi connectivity index (χ2n) is 5.45. The van der Waals surface area contributed by atoms with Crippen LogP contribution in [0.3, 0.4) is 0 Å². The lowest BCUT2D eigenvalue weighted by Crippen LogP contribution is -2.49. The topological polar surface area (TPSA) is 98.7 Å². The maximum absolute atomic E-state index is 12.3.